The number of para-hydroxylation sites is 1. The number of thioether (sulfide) groups is 1. The summed E-state index contributed by atoms with van der Waals surface area (Å²) in [5.74, 6) is 5.54. The van der Waals surface area contributed by atoms with Gasteiger partial charge in [-0.2, -0.15) is 0 Å². The van der Waals surface area contributed by atoms with Crippen molar-refractivity contribution in [2.75, 3.05) is 18.2 Å². The van der Waals surface area contributed by atoms with E-state index in [0.29, 0.717) is 0 Å². The minimum Gasteiger partial charge on any atom is -0.304 e. The smallest absolute Gasteiger partial charge is 0.302 e. The summed E-state index contributed by atoms with van der Waals surface area (Å²) in [5.41, 5.74) is 0.919. The molecule has 0 saturated carbocycles. The molecule has 0 aliphatic carbocycles. The van der Waals surface area contributed by atoms with Crippen LogP contribution in [0.5, 0.6) is 0 Å². The molecule has 3 heteroatoms. The Hall–Kier alpha value is -1.40. The van der Waals surface area contributed by atoms with Gasteiger partial charge >= 0.3 is 5.91 Å². The number of carbonyl (C=O) groups is 1. The fraction of sp³-hybridized carbons (Fsp3) is 0.438. The van der Waals surface area contributed by atoms with Gasteiger partial charge in [-0.3, -0.25) is 4.79 Å². The molecule has 102 valence electrons. The molecule has 0 aliphatic rings. The molecule has 0 bridgehead atoms. The Kier molecular flexibility index (Phi) is 7.14. The van der Waals surface area contributed by atoms with Crippen LogP contribution in [0.2, 0.25) is 0 Å². The van der Waals surface area contributed by atoms with E-state index >= 15 is 0 Å². The largest absolute Gasteiger partial charge is 0.304 e. The maximum absolute atomic E-state index is 12.0. The minimum atomic E-state index is -0.141. The van der Waals surface area contributed by atoms with E-state index in [1.54, 1.807) is 23.7 Å². The van der Waals surface area contributed by atoms with Gasteiger partial charge in [0, 0.05) is 18.4 Å². The van der Waals surface area contributed by atoms with Crippen LogP contribution in [0.15, 0.2) is 29.2 Å². The number of benzene rings is 1. The van der Waals surface area contributed by atoms with Crippen molar-refractivity contribution in [2.45, 2.75) is 37.5 Å². The first-order valence-corrected chi connectivity index (χ1v) is 7.82. The van der Waals surface area contributed by atoms with Crippen LogP contribution in [0.25, 0.3) is 0 Å². The quantitative estimate of drug-likeness (QED) is 0.460. The number of nitrogens with zero attached hydrogens (tertiary/aromatic N) is 1. The van der Waals surface area contributed by atoms with Crippen LogP contribution in [-0.4, -0.2) is 19.2 Å². The fourth-order valence-corrected chi connectivity index (χ4v) is 2.33. The van der Waals surface area contributed by atoms with Crippen molar-refractivity contribution < 1.29 is 4.79 Å². The van der Waals surface area contributed by atoms with Crippen LogP contribution >= 0.6 is 11.8 Å². The highest BCUT2D eigenvalue weighted by Crippen LogP contribution is 2.27. The first-order chi connectivity index (χ1) is 9.20. The highest BCUT2D eigenvalue weighted by Gasteiger charge is 2.11. The molecule has 1 aromatic carbocycles. The summed E-state index contributed by atoms with van der Waals surface area (Å²) in [4.78, 5) is 14.7. The molecule has 0 radical (unpaired) electrons. The SMILES string of the molecule is CCCCCC#CC(=O)N(C)c1ccccc1SC. The van der Waals surface area contributed by atoms with Crippen molar-refractivity contribution >= 4 is 23.4 Å². The highest BCUT2D eigenvalue weighted by molar-refractivity contribution is 7.98. The number of hydrogen-bond donors (Lipinski definition) is 0. The first-order valence-electron chi connectivity index (χ1n) is 6.60. The molecular formula is C16H21NOS. The number of carbonyl (C=O) groups excluding carboxylic acids is 1. The second-order valence-electron chi connectivity index (χ2n) is 4.29. The zero-order valence-corrected chi connectivity index (χ0v) is 12.7. The number of anilines is 1. The van der Waals surface area contributed by atoms with Gasteiger partial charge in [0.25, 0.3) is 0 Å². The van der Waals surface area contributed by atoms with Crippen LogP contribution in [0.3, 0.4) is 0 Å². The molecule has 0 atom stereocenters. The molecule has 1 amide bonds. The Morgan fingerprint density at radius 3 is 2.74 bits per heavy atom. The number of rotatable bonds is 5. The normalized spacial score (nSPS) is 9.63. The van der Waals surface area contributed by atoms with E-state index in [2.05, 4.69) is 18.8 Å². The van der Waals surface area contributed by atoms with Gasteiger partial charge in [-0.15, -0.1) is 11.8 Å². The van der Waals surface area contributed by atoms with E-state index in [9.17, 15) is 4.79 Å². The van der Waals surface area contributed by atoms with Gasteiger partial charge < -0.3 is 4.90 Å². The fourth-order valence-electron chi connectivity index (χ4n) is 1.70. The third kappa shape index (κ3) is 5.00. The van der Waals surface area contributed by atoms with Crippen molar-refractivity contribution in [3.8, 4) is 11.8 Å². The predicted molar refractivity (Wildman–Crippen MR) is 83.6 cm³/mol. The Balaban J connectivity index is 2.66. The van der Waals surface area contributed by atoms with Gasteiger partial charge in [0.2, 0.25) is 0 Å². The van der Waals surface area contributed by atoms with Crippen LogP contribution in [0.4, 0.5) is 5.69 Å². The van der Waals surface area contributed by atoms with E-state index in [4.69, 9.17) is 0 Å². The van der Waals surface area contributed by atoms with Gasteiger partial charge in [0.05, 0.1) is 5.69 Å². The lowest BCUT2D eigenvalue weighted by Gasteiger charge is -2.17. The highest BCUT2D eigenvalue weighted by atomic mass is 32.2. The molecule has 0 fully saturated rings. The molecule has 2 nitrogen and oxygen atoms in total. The lowest BCUT2D eigenvalue weighted by Crippen LogP contribution is -2.24. The third-order valence-electron chi connectivity index (χ3n) is 2.85. The van der Waals surface area contributed by atoms with Crippen LogP contribution < -0.4 is 4.90 Å². The summed E-state index contributed by atoms with van der Waals surface area (Å²) in [6.07, 6.45) is 6.23. The maximum Gasteiger partial charge on any atom is 0.302 e. The molecule has 0 N–H and O–H groups in total. The van der Waals surface area contributed by atoms with E-state index in [-0.39, 0.29) is 5.91 Å². The van der Waals surface area contributed by atoms with Crippen molar-refractivity contribution in [3.05, 3.63) is 24.3 Å². The lowest BCUT2D eigenvalue weighted by molar-refractivity contribution is -0.113. The molecule has 1 aromatic rings. The molecule has 0 unspecified atom stereocenters. The zero-order chi connectivity index (χ0) is 14.1. The van der Waals surface area contributed by atoms with Crippen molar-refractivity contribution in [1.82, 2.24) is 0 Å². The topological polar surface area (TPSA) is 20.3 Å². The van der Waals surface area contributed by atoms with Gasteiger partial charge in [-0.25, -0.2) is 0 Å². The Morgan fingerprint density at radius 2 is 2.05 bits per heavy atom. The van der Waals surface area contributed by atoms with E-state index in [1.165, 1.54) is 12.8 Å². The van der Waals surface area contributed by atoms with Gasteiger partial charge in [-0.1, -0.05) is 37.8 Å². The summed E-state index contributed by atoms with van der Waals surface area (Å²) in [6.45, 7) is 2.16. The lowest BCUT2D eigenvalue weighted by atomic mass is 10.2. The molecule has 1 rings (SSSR count). The summed E-state index contributed by atoms with van der Waals surface area (Å²) < 4.78 is 0. The van der Waals surface area contributed by atoms with Gasteiger partial charge in [0.15, 0.2) is 0 Å². The van der Waals surface area contributed by atoms with E-state index in [0.717, 1.165) is 23.4 Å². The van der Waals surface area contributed by atoms with E-state index < -0.39 is 0 Å². The molecular weight excluding hydrogens is 254 g/mol. The third-order valence-corrected chi connectivity index (χ3v) is 3.64. The van der Waals surface area contributed by atoms with Crippen LogP contribution in [0, 0.1) is 11.8 Å². The Labute approximate surface area is 120 Å². The molecule has 0 aromatic heterocycles. The molecule has 19 heavy (non-hydrogen) atoms. The van der Waals surface area contributed by atoms with Crippen molar-refractivity contribution in [2.24, 2.45) is 0 Å². The second-order valence-corrected chi connectivity index (χ2v) is 5.14. The second kappa shape index (κ2) is 8.66. The summed E-state index contributed by atoms with van der Waals surface area (Å²) in [6, 6.07) is 7.87. The van der Waals surface area contributed by atoms with Gasteiger partial charge in [-0.05, 0) is 30.7 Å². The summed E-state index contributed by atoms with van der Waals surface area (Å²) in [5, 5.41) is 0. The van der Waals surface area contributed by atoms with Crippen molar-refractivity contribution in [3.63, 3.8) is 0 Å². The van der Waals surface area contributed by atoms with Crippen LogP contribution in [0.1, 0.15) is 32.6 Å². The predicted octanol–water partition coefficient (Wildman–Crippen LogP) is 3.96. The maximum atomic E-state index is 12.0. The zero-order valence-electron chi connectivity index (χ0n) is 11.9. The van der Waals surface area contributed by atoms with E-state index in [1.807, 2.05) is 30.5 Å². The molecule has 0 spiro atoms. The average molecular weight is 275 g/mol. The average Bonchev–Trinajstić information content (AvgIpc) is 2.46. The molecule has 0 saturated heterocycles. The standard InChI is InChI=1S/C16H21NOS/c1-4-5-6-7-8-13-16(18)17(2)14-11-9-10-12-15(14)19-3/h9-12H,4-7H2,1-3H3. The Morgan fingerprint density at radius 1 is 1.32 bits per heavy atom. The first kappa shape index (κ1) is 15.7. The van der Waals surface area contributed by atoms with Gasteiger partial charge in [0.1, 0.15) is 0 Å². The number of hydrogen-bond acceptors (Lipinski definition) is 2. The Bertz CT molecular complexity index is 473. The van der Waals surface area contributed by atoms with Crippen LogP contribution in [-0.2, 0) is 4.79 Å². The minimum absolute atomic E-state index is 0.141. The van der Waals surface area contributed by atoms with Crippen molar-refractivity contribution in [1.29, 1.82) is 0 Å². The molecule has 0 heterocycles. The summed E-state index contributed by atoms with van der Waals surface area (Å²) in [7, 11) is 1.78. The summed E-state index contributed by atoms with van der Waals surface area (Å²) >= 11 is 1.63. The monoisotopic (exact) mass is 275 g/mol. The molecule has 0 aliphatic heterocycles. The number of unbranched alkanes of at least 4 members (excludes halogenated alkanes) is 3. The number of amides is 1.